The van der Waals surface area contributed by atoms with E-state index in [4.69, 9.17) is 9.15 Å². The number of hydrogen-bond donors (Lipinski definition) is 1. The van der Waals surface area contributed by atoms with Crippen molar-refractivity contribution in [3.8, 4) is 5.75 Å². The largest absolute Gasteiger partial charge is 0.497 e. The normalized spacial score (nSPS) is 11.9. The van der Waals surface area contributed by atoms with Crippen molar-refractivity contribution in [2.24, 2.45) is 10.8 Å². The Labute approximate surface area is 208 Å². The Morgan fingerprint density at radius 3 is 2.18 bits per heavy atom. The number of pyridine rings is 1. The van der Waals surface area contributed by atoms with Crippen molar-refractivity contribution in [1.82, 2.24) is 4.98 Å². The summed E-state index contributed by atoms with van der Waals surface area (Å²) in [6.45, 7) is 21.1. The molecular formula is C30H48N2O2. The van der Waals surface area contributed by atoms with Crippen molar-refractivity contribution >= 4 is 16.6 Å². The second-order valence-corrected chi connectivity index (χ2v) is 11.6. The van der Waals surface area contributed by atoms with Crippen LogP contribution in [0.4, 0.5) is 5.69 Å². The molecule has 0 atom stereocenters. The predicted molar refractivity (Wildman–Crippen MR) is 148 cm³/mol. The number of hydrogen-bond acceptors (Lipinski definition) is 4. The summed E-state index contributed by atoms with van der Waals surface area (Å²) in [4.78, 5) is 4.57. The number of anilines is 1. The van der Waals surface area contributed by atoms with Crippen LogP contribution in [-0.4, -0.2) is 18.6 Å². The molecule has 1 N–H and O–H groups in total. The highest BCUT2D eigenvalue weighted by Gasteiger charge is 2.31. The van der Waals surface area contributed by atoms with Gasteiger partial charge >= 0.3 is 0 Å². The number of fused-ring (bicyclic) bond motifs is 1. The average Bonchev–Trinajstić information content (AvgIpc) is 3.26. The van der Waals surface area contributed by atoms with E-state index in [0.29, 0.717) is 10.8 Å². The molecule has 0 saturated heterocycles. The molecule has 0 fully saturated rings. The van der Waals surface area contributed by atoms with Crippen LogP contribution < -0.4 is 10.1 Å². The number of benzene rings is 1. The minimum absolute atomic E-state index is 0. The first kappa shape index (κ1) is 29.5. The molecule has 0 aliphatic heterocycles. The van der Waals surface area contributed by atoms with Crippen LogP contribution in [0.3, 0.4) is 0 Å². The summed E-state index contributed by atoms with van der Waals surface area (Å²) in [5.41, 5.74) is 4.08. The van der Waals surface area contributed by atoms with Gasteiger partial charge in [0.2, 0.25) is 0 Å². The van der Waals surface area contributed by atoms with E-state index in [-0.39, 0.29) is 12.8 Å². The SMILES string of the molecule is C.CC(C)(C)c1ccco1.COc1cc(NCCCC(C)(C)C(C)(C)C)c2nccc(C)c2c1. The smallest absolute Gasteiger partial charge is 0.121 e. The van der Waals surface area contributed by atoms with Crippen molar-refractivity contribution in [2.45, 2.75) is 88.0 Å². The van der Waals surface area contributed by atoms with Crippen molar-refractivity contribution < 1.29 is 9.15 Å². The number of ether oxygens (including phenoxy) is 1. The zero-order chi connectivity index (χ0) is 24.9. The average molecular weight is 469 g/mol. The summed E-state index contributed by atoms with van der Waals surface area (Å²) in [5.74, 6) is 1.92. The lowest BCUT2D eigenvalue weighted by molar-refractivity contribution is 0.118. The molecule has 34 heavy (non-hydrogen) atoms. The number of nitrogens with one attached hydrogen (secondary N) is 1. The van der Waals surface area contributed by atoms with E-state index >= 15 is 0 Å². The highest BCUT2D eigenvalue weighted by atomic mass is 16.5. The Kier molecular flexibility index (Phi) is 10.2. The second kappa shape index (κ2) is 11.8. The molecule has 3 rings (SSSR count). The zero-order valence-corrected chi connectivity index (χ0v) is 22.4. The van der Waals surface area contributed by atoms with Gasteiger partial charge in [0, 0.05) is 29.6 Å². The molecule has 0 spiro atoms. The minimum atomic E-state index is 0. The van der Waals surface area contributed by atoms with Crippen molar-refractivity contribution in [1.29, 1.82) is 0 Å². The van der Waals surface area contributed by atoms with E-state index in [0.717, 1.165) is 41.1 Å². The van der Waals surface area contributed by atoms with E-state index in [1.165, 1.54) is 12.0 Å². The third kappa shape index (κ3) is 7.78. The fourth-order valence-electron chi connectivity index (χ4n) is 3.45. The monoisotopic (exact) mass is 468 g/mol. The fraction of sp³-hybridized carbons (Fsp3) is 0.567. The molecule has 2 heterocycles. The van der Waals surface area contributed by atoms with Crippen LogP contribution in [-0.2, 0) is 5.41 Å². The molecular weight excluding hydrogens is 420 g/mol. The van der Waals surface area contributed by atoms with Crippen LogP contribution in [0.2, 0.25) is 0 Å². The molecule has 0 unspecified atom stereocenters. The Balaban J connectivity index is 0.000000486. The second-order valence-electron chi connectivity index (χ2n) is 11.6. The van der Waals surface area contributed by atoms with E-state index in [2.05, 4.69) is 78.7 Å². The van der Waals surface area contributed by atoms with Crippen LogP contribution >= 0.6 is 0 Å². The molecule has 0 aliphatic rings. The van der Waals surface area contributed by atoms with E-state index in [9.17, 15) is 0 Å². The fourth-order valence-corrected chi connectivity index (χ4v) is 3.45. The van der Waals surface area contributed by atoms with Crippen molar-refractivity contribution in [2.75, 3.05) is 19.0 Å². The van der Waals surface area contributed by atoms with Crippen molar-refractivity contribution in [3.63, 3.8) is 0 Å². The van der Waals surface area contributed by atoms with Crippen LogP contribution in [0.5, 0.6) is 5.75 Å². The van der Waals surface area contributed by atoms with Crippen LogP contribution in [0.15, 0.2) is 47.2 Å². The van der Waals surface area contributed by atoms with Gasteiger partial charge in [-0.2, -0.15) is 0 Å². The molecule has 3 aromatic rings. The predicted octanol–water partition coefficient (Wildman–Crippen LogP) is 9.03. The topological polar surface area (TPSA) is 47.3 Å². The summed E-state index contributed by atoms with van der Waals surface area (Å²) in [6, 6.07) is 10.1. The van der Waals surface area contributed by atoms with Gasteiger partial charge in [-0.1, -0.05) is 62.8 Å². The van der Waals surface area contributed by atoms with Gasteiger partial charge in [0.1, 0.15) is 11.5 Å². The third-order valence-electron chi connectivity index (χ3n) is 6.86. The Bertz CT molecular complexity index is 1010. The van der Waals surface area contributed by atoms with E-state index in [1.807, 2.05) is 30.5 Å². The number of rotatable bonds is 6. The van der Waals surface area contributed by atoms with E-state index < -0.39 is 0 Å². The maximum absolute atomic E-state index is 5.46. The number of furan rings is 1. The van der Waals surface area contributed by atoms with Gasteiger partial charge in [0.25, 0.3) is 0 Å². The molecule has 190 valence electrons. The maximum atomic E-state index is 5.46. The van der Waals surface area contributed by atoms with Gasteiger partial charge in [-0.25, -0.2) is 0 Å². The molecule has 0 aliphatic carbocycles. The molecule has 0 saturated carbocycles. The highest BCUT2D eigenvalue weighted by molar-refractivity contribution is 5.93. The summed E-state index contributed by atoms with van der Waals surface area (Å²) >= 11 is 0. The van der Waals surface area contributed by atoms with E-state index in [1.54, 1.807) is 13.4 Å². The molecule has 2 aromatic heterocycles. The Morgan fingerprint density at radius 1 is 1.00 bits per heavy atom. The van der Waals surface area contributed by atoms with Crippen LogP contribution in [0, 0.1) is 17.8 Å². The zero-order valence-electron chi connectivity index (χ0n) is 22.4. The number of methoxy groups -OCH3 is 1. The van der Waals surface area contributed by atoms with Gasteiger partial charge < -0.3 is 14.5 Å². The molecule has 0 radical (unpaired) electrons. The molecule has 0 bridgehead atoms. The number of aryl methyl sites for hydroxylation is 1. The standard InChI is InChI=1S/C21H32N2O.C8H12O.CH4/c1-15-9-12-23-19-17(15)13-16(24-7)14-18(19)22-11-8-10-21(5,6)20(2,3)4;1-8(2,3)7-5-4-6-9-7;/h9,12-14,22H,8,10-11H2,1-7H3;4-6H,1-3H3;1H4. The maximum Gasteiger partial charge on any atom is 0.121 e. The lowest BCUT2D eigenvalue weighted by atomic mass is 9.67. The van der Waals surface area contributed by atoms with Crippen LogP contribution in [0.25, 0.3) is 10.9 Å². The summed E-state index contributed by atoms with van der Waals surface area (Å²) < 4.78 is 10.7. The molecule has 4 heteroatoms. The third-order valence-corrected chi connectivity index (χ3v) is 6.86. The Hall–Kier alpha value is -2.49. The minimum Gasteiger partial charge on any atom is -0.497 e. The molecule has 4 nitrogen and oxygen atoms in total. The summed E-state index contributed by atoms with van der Waals surface area (Å²) in [7, 11) is 1.71. The first-order valence-corrected chi connectivity index (χ1v) is 12.0. The van der Waals surface area contributed by atoms with Gasteiger partial charge in [-0.05, 0) is 60.4 Å². The van der Waals surface area contributed by atoms with Crippen LogP contribution in [0.1, 0.15) is 87.0 Å². The molecule has 0 amide bonds. The number of aromatic nitrogens is 1. The molecule has 1 aromatic carbocycles. The Morgan fingerprint density at radius 2 is 1.68 bits per heavy atom. The van der Waals surface area contributed by atoms with Crippen molar-refractivity contribution in [3.05, 3.63) is 54.1 Å². The van der Waals surface area contributed by atoms with Gasteiger partial charge in [-0.3, -0.25) is 4.98 Å². The highest BCUT2D eigenvalue weighted by Crippen LogP contribution is 2.41. The summed E-state index contributed by atoms with van der Waals surface area (Å²) in [6.07, 6.45) is 5.91. The first-order valence-electron chi connectivity index (χ1n) is 12.0. The van der Waals surface area contributed by atoms with Gasteiger partial charge in [0.05, 0.1) is 24.6 Å². The quantitative estimate of drug-likeness (QED) is 0.367. The number of nitrogens with zero attached hydrogens (tertiary/aromatic N) is 1. The van der Waals surface area contributed by atoms with Gasteiger partial charge in [-0.15, -0.1) is 0 Å². The lowest BCUT2D eigenvalue weighted by Crippen LogP contribution is -2.30. The van der Waals surface area contributed by atoms with Gasteiger partial charge in [0.15, 0.2) is 0 Å². The first-order chi connectivity index (χ1) is 15.3. The summed E-state index contributed by atoms with van der Waals surface area (Å²) in [5, 5.41) is 4.72. The lowest BCUT2D eigenvalue weighted by Gasteiger charge is -2.39.